The van der Waals surface area contributed by atoms with Crippen LogP contribution in [0.25, 0.3) is 0 Å². The average molecular weight is 254 g/mol. The monoisotopic (exact) mass is 253 g/mol. The second-order valence-electron chi connectivity index (χ2n) is 5.02. The van der Waals surface area contributed by atoms with E-state index in [2.05, 4.69) is 0 Å². The molecule has 0 saturated heterocycles. The molecule has 2 N–H and O–H groups in total. The van der Waals surface area contributed by atoms with Crippen molar-refractivity contribution in [2.75, 3.05) is 7.11 Å². The number of nitrogens with two attached hydrogens (primary N) is 1. The fourth-order valence-corrected chi connectivity index (χ4v) is 2.97. The molecular formula is C14H20ClNO. The third kappa shape index (κ3) is 2.43. The first-order valence-electron chi connectivity index (χ1n) is 6.20. The predicted molar refractivity (Wildman–Crippen MR) is 71.7 cm³/mol. The lowest BCUT2D eigenvalue weighted by atomic mass is 9.77. The Morgan fingerprint density at radius 3 is 2.47 bits per heavy atom. The summed E-state index contributed by atoms with van der Waals surface area (Å²) < 4.78 is 5.31. The zero-order valence-electron chi connectivity index (χ0n) is 10.6. The van der Waals surface area contributed by atoms with E-state index in [1.54, 1.807) is 7.11 Å². The Labute approximate surface area is 108 Å². The molecule has 1 aromatic rings. The van der Waals surface area contributed by atoms with Crippen molar-refractivity contribution in [2.24, 2.45) is 5.73 Å². The molecule has 2 rings (SSSR count). The molecule has 0 unspecified atom stereocenters. The first-order valence-corrected chi connectivity index (χ1v) is 6.58. The molecule has 0 bridgehead atoms. The van der Waals surface area contributed by atoms with Gasteiger partial charge in [0.05, 0.1) is 7.11 Å². The molecule has 1 saturated carbocycles. The summed E-state index contributed by atoms with van der Waals surface area (Å²) in [5.41, 5.74) is 8.35. The van der Waals surface area contributed by atoms with Crippen LogP contribution < -0.4 is 10.5 Å². The van der Waals surface area contributed by atoms with Crippen molar-refractivity contribution in [3.63, 3.8) is 0 Å². The number of methoxy groups -OCH3 is 1. The van der Waals surface area contributed by atoms with Gasteiger partial charge >= 0.3 is 0 Å². The van der Waals surface area contributed by atoms with Gasteiger partial charge in [-0.2, -0.15) is 0 Å². The number of halogens is 1. The number of hydrogen-bond acceptors (Lipinski definition) is 2. The lowest BCUT2D eigenvalue weighted by Crippen LogP contribution is -2.39. The molecule has 0 heterocycles. The van der Waals surface area contributed by atoms with Gasteiger partial charge in [-0.05, 0) is 43.0 Å². The van der Waals surface area contributed by atoms with Crippen molar-refractivity contribution in [3.8, 4) is 5.75 Å². The quantitative estimate of drug-likeness (QED) is 0.871. The van der Waals surface area contributed by atoms with Crippen LogP contribution in [0.1, 0.15) is 43.2 Å². The Balaban J connectivity index is 2.45. The summed E-state index contributed by atoms with van der Waals surface area (Å²) in [7, 11) is 1.68. The minimum atomic E-state index is -0.269. The fraction of sp³-hybridized carbons (Fsp3) is 0.571. The molecule has 3 heteroatoms. The van der Waals surface area contributed by atoms with E-state index in [0.29, 0.717) is 0 Å². The van der Waals surface area contributed by atoms with Gasteiger partial charge in [0.25, 0.3) is 0 Å². The molecule has 0 radical (unpaired) electrons. The molecule has 1 fully saturated rings. The van der Waals surface area contributed by atoms with E-state index in [4.69, 9.17) is 22.1 Å². The van der Waals surface area contributed by atoms with Crippen molar-refractivity contribution in [3.05, 3.63) is 28.3 Å². The molecule has 0 spiro atoms. The van der Waals surface area contributed by atoms with Crippen molar-refractivity contribution < 1.29 is 4.74 Å². The summed E-state index contributed by atoms with van der Waals surface area (Å²) >= 11 is 6.41. The van der Waals surface area contributed by atoms with Crippen LogP contribution in [0, 0.1) is 6.92 Å². The normalized spacial score (nSPS) is 19.1. The van der Waals surface area contributed by atoms with Crippen molar-refractivity contribution in [1.29, 1.82) is 0 Å². The molecule has 0 amide bonds. The molecule has 0 aliphatic heterocycles. The van der Waals surface area contributed by atoms with E-state index in [-0.39, 0.29) is 5.54 Å². The van der Waals surface area contributed by atoms with E-state index in [0.717, 1.165) is 34.7 Å². The number of benzene rings is 1. The van der Waals surface area contributed by atoms with Gasteiger partial charge in [-0.3, -0.25) is 0 Å². The van der Waals surface area contributed by atoms with Gasteiger partial charge in [0.1, 0.15) is 5.75 Å². The molecule has 94 valence electrons. The molecule has 17 heavy (non-hydrogen) atoms. The highest BCUT2D eigenvalue weighted by molar-refractivity contribution is 6.32. The smallest absolute Gasteiger partial charge is 0.119 e. The summed E-state index contributed by atoms with van der Waals surface area (Å²) in [6.07, 6.45) is 5.67. The van der Waals surface area contributed by atoms with Crippen LogP contribution in [-0.4, -0.2) is 7.11 Å². The summed E-state index contributed by atoms with van der Waals surface area (Å²) in [6.45, 7) is 2.00. The maximum atomic E-state index is 6.53. The molecule has 1 aromatic carbocycles. The average Bonchev–Trinajstić information content (AvgIpc) is 2.33. The van der Waals surface area contributed by atoms with Crippen LogP contribution in [-0.2, 0) is 5.54 Å². The van der Waals surface area contributed by atoms with Crippen LogP contribution in [0.15, 0.2) is 12.1 Å². The second-order valence-corrected chi connectivity index (χ2v) is 5.40. The third-order valence-electron chi connectivity index (χ3n) is 3.75. The van der Waals surface area contributed by atoms with Gasteiger partial charge in [0.2, 0.25) is 0 Å². The van der Waals surface area contributed by atoms with Crippen molar-refractivity contribution in [1.82, 2.24) is 0 Å². The van der Waals surface area contributed by atoms with Crippen LogP contribution in [0.2, 0.25) is 5.02 Å². The van der Waals surface area contributed by atoms with Crippen molar-refractivity contribution >= 4 is 11.6 Å². The van der Waals surface area contributed by atoms with E-state index in [1.807, 2.05) is 19.1 Å². The maximum absolute atomic E-state index is 6.53. The maximum Gasteiger partial charge on any atom is 0.119 e. The molecule has 1 aliphatic rings. The Hall–Kier alpha value is -0.730. The van der Waals surface area contributed by atoms with Crippen LogP contribution in [0.4, 0.5) is 0 Å². The summed E-state index contributed by atoms with van der Waals surface area (Å²) in [5, 5.41) is 0.801. The summed E-state index contributed by atoms with van der Waals surface area (Å²) in [5.74, 6) is 0.845. The first kappa shape index (κ1) is 12.7. The number of rotatable bonds is 2. The van der Waals surface area contributed by atoms with Crippen LogP contribution in [0.5, 0.6) is 5.75 Å². The minimum Gasteiger partial charge on any atom is -0.497 e. The van der Waals surface area contributed by atoms with Gasteiger partial charge in [-0.15, -0.1) is 0 Å². The lowest BCUT2D eigenvalue weighted by molar-refractivity contribution is 0.301. The SMILES string of the molecule is COc1cc(C)c(Cl)c(C2(N)CCCCC2)c1. The zero-order chi connectivity index (χ0) is 12.5. The molecule has 0 aromatic heterocycles. The second kappa shape index (κ2) is 4.87. The Morgan fingerprint density at radius 1 is 1.24 bits per heavy atom. The highest BCUT2D eigenvalue weighted by Gasteiger charge is 2.32. The molecule has 2 nitrogen and oxygen atoms in total. The summed E-state index contributed by atoms with van der Waals surface area (Å²) in [6, 6.07) is 3.96. The lowest BCUT2D eigenvalue weighted by Gasteiger charge is -2.35. The fourth-order valence-electron chi connectivity index (χ4n) is 2.67. The van der Waals surface area contributed by atoms with Gasteiger partial charge in [-0.25, -0.2) is 0 Å². The largest absolute Gasteiger partial charge is 0.497 e. The Bertz CT molecular complexity index is 411. The van der Waals surface area contributed by atoms with E-state index in [9.17, 15) is 0 Å². The Kier molecular flexibility index (Phi) is 3.64. The predicted octanol–water partition coefficient (Wildman–Crippen LogP) is 3.78. The van der Waals surface area contributed by atoms with E-state index >= 15 is 0 Å². The van der Waals surface area contributed by atoms with Gasteiger partial charge < -0.3 is 10.5 Å². The number of ether oxygens (including phenoxy) is 1. The molecule has 0 atom stereocenters. The zero-order valence-corrected chi connectivity index (χ0v) is 11.3. The number of aryl methyl sites for hydroxylation is 1. The summed E-state index contributed by atoms with van der Waals surface area (Å²) in [4.78, 5) is 0. The highest BCUT2D eigenvalue weighted by atomic mass is 35.5. The topological polar surface area (TPSA) is 35.2 Å². The number of hydrogen-bond donors (Lipinski definition) is 1. The third-order valence-corrected chi connectivity index (χ3v) is 4.25. The van der Waals surface area contributed by atoms with Crippen molar-refractivity contribution in [2.45, 2.75) is 44.6 Å². The van der Waals surface area contributed by atoms with Crippen LogP contribution in [0.3, 0.4) is 0 Å². The van der Waals surface area contributed by atoms with Gasteiger partial charge in [-0.1, -0.05) is 30.9 Å². The first-order chi connectivity index (χ1) is 8.07. The standard InChI is InChI=1S/C14H20ClNO/c1-10-8-11(17-2)9-12(13(10)15)14(16)6-4-3-5-7-14/h8-9H,3-7,16H2,1-2H3. The van der Waals surface area contributed by atoms with E-state index < -0.39 is 0 Å². The van der Waals surface area contributed by atoms with Crippen LogP contribution >= 0.6 is 11.6 Å². The van der Waals surface area contributed by atoms with E-state index in [1.165, 1.54) is 19.3 Å². The minimum absolute atomic E-state index is 0.269. The highest BCUT2D eigenvalue weighted by Crippen LogP contribution is 2.40. The van der Waals surface area contributed by atoms with Gasteiger partial charge in [0, 0.05) is 10.6 Å². The molecule has 1 aliphatic carbocycles. The van der Waals surface area contributed by atoms with Gasteiger partial charge in [0.15, 0.2) is 0 Å². The molecular weight excluding hydrogens is 234 g/mol. The Morgan fingerprint density at radius 2 is 1.88 bits per heavy atom.